The normalized spacial score (nSPS) is 11.9. The number of hydrogen-bond donors (Lipinski definition) is 0. The van der Waals surface area contributed by atoms with Crippen molar-refractivity contribution in [3.05, 3.63) is 0 Å². The molecule has 0 heterocycles. The second-order valence-corrected chi connectivity index (χ2v) is 11.0. The predicted octanol–water partition coefficient (Wildman–Crippen LogP) is 3.36. The number of amides is 1. The Bertz CT molecular complexity index is 202. The van der Waals surface area contributed by atoms with E-state index in [1.165, 1.54) is 12.5 Å². The van der Waals surface area contributed by atoms with Gasteiger partial charge in [0.25, 0.3) is 0 Å². The number of rotatable bonds is 6. The van der Waals surface area contributed by atoms with E-state index in [-0.39, 0.29) is 5.91 Å². The summed E-state index contributed by atoms with van der Waals surface area (Å²) in [7, 11) is -1.03. The maximum absolute atomic E-state index is 11.2. The maximum atomic E-state index is 11.2. The molecular formula is C12H27NOSi. The molecule has 0 saturated carbocycles. The van der Waals surface area contributed by atoms with Crippen molar-refractivity contribution in [2.45, 2.75) is 58.8 Å². The third-order valence-corrected chi connectivity index (χ3v) is 8.41. The van der Waals surface area contributed by atoms with Crippen LogP contribution in [-0.4, -0.2) is 32.0 Å². The van der Waals surface area contributed by atoms with Gasteiger partial charge in [-0.2, -0.15) is 0 Å². The summed E-state index contributed by atoms with van der Waals surface area (Å²) < 4.78 is 0. The lowest BCUT2D eigenvalue weighted by Gasteiger charge is -2.28. The van der Waals surface area contributed by atoms with E-state index >= 15 is 0 Å². The molecule has 0 unspecified atom stereocenters. The van der Waals surface area contributed by atoms with Crippen molar-refractivity contribution in [2.75, 3.05) is 13.1 Å². The summed E-state index contributed by atoms with van der Waals surface area (Å²) in [5.41, 5.74) is 0.838. The van der Waals surface area contributed by atoms with E-state index in [2.05, 4.69) is 26.9 Å². The molecule has 0 spiro atoms. The summed E-state index contributed by atoms with van der Waals surface area (Å²) in [6.07, 6.45) is 1.17. The van der Waals surface area contributed by atoms with Crippen molar-refractivity contribution in [1.82, 2.24) is 4.90 Å². The average Bonchev–Trinajstić information content (AvgIpc) is 2.11. The van der Waals surface area contributed by atoms with Gasteiger partial charge in [0.15, 0.2) is 0 Å². The third-order valence-electron chi connectivity index (χ3n) is 3.64. The summed E-state index contributed by atoms with van der Waals surface area (Å²) in [4.78, 5) is 13.1. The second kappa shape index (κ2) is 6.31. The zero-order valence-corrected chi connectivity index (χ0v) is 12.3. The first kappa shape index (κ1) is 14.7. The third kappa shape index (κ3) is 5.35. The van der Waals surface area contributed by atoms with Crippen molar-refractivity contribution in [3.63, 3.8) is 0 Å². The monoisotopic (exact) mass is 229 g/mol. The Kier molecular flexibility index (Phi) is 6.18. The Labute approximate surface area is 96.1 Å². The molecule has 0 atom stereocenters. The van der Waals surface area contributed by atoms with Gasteiger partial charge >= 0.3 is 0 Å². The van der Waals surface area contributed by atoms with Crippen LogP contribution in [0.4, 0.5) is 0 Å². The molecule has 0 radical (unpaired) electrons. The van der Waals surface area contributed by atoms with Gasteiger partial charge in [-0.25, -0.2) is 0 Å². The molecule has 0 aliphatic heterocycles. The van der Waals surface area contributed by atoms with Crippen molar-refractivity contribution in [1.29, 1.82) is 0 Å². The van der Waals surface area contributed by atoms with Gasteiger partial charge in [-0.1, -0.05) is 38.5 Å². The van der Waals surface area contributed by atoms with Crippen LogP contribution in [0.2, 0.25) is 24.7 Å². The fraction of sp³-hybridized carbons (Fsp3) is 0.917. The number of carbonyl (C=O) groups is 1. The van der Waals surface area contributed by atoms with Crippen LogP contribution in [0.25, 0.3) is 0 Å². The Morgan fingerprint density at radius 3 is 2.20 bits per heavy atom. The molecule has 0 aromatic carbocycles. The van der Waals surface area contributed by atoms with Crippen molar-refractivity contribution < 1.29 is 4.79 Å². The smallest absolute Gasteiger partial charge is 0.219 e. The van der Waals surface area contributed by atoms with E-state index in [4.69, 9.17) is 0 Å². The van der Waals surface area contributed by atoms with Gasteiger partial charge in [-0.15, -0.1) is 0 Å². The van der Waals surface area contributed by atoms with Crippen LogP contribution in [0.3, 0.4) is 0 Å². The Morgan fingerprint density at radius 2 is 1.87 bits per heavy atom. The lowest BCUT2D eigenvalue weighted by Crippen LogP contribution is -2.33. The first-order valence-electron chi connectivity index (χ1n) is 6.06. The molecule has 0 aromatic rings. The summed E-state index contributed by atoms with van der Waals surface area (Å²) in [6.45, 7) is 15.0. The molecule has 15 heavy (non-hydrogen) atoms. The summed E-state index contributed by atoms with van der Waals surface area (Å²) in [5, 5.41) is 0. The molecule has 0 aromatic heterocycles. The molecule has 0 bridgehead atoms. The maximum Gasteiger partial charge on any atom is 0.219 e. The topological polar surface area (TPSA) is 20.3 Å². The van der Waals surface area contributed by atoms with Crippen LogP contribution >= 0.6 is 0 Å². The van der Waals surface area contributed by atoms with Gasteiger partial charge in [-0.05, 0) is 13.3 Å². The van der Waals surface area contributed by atoms with Crippen molar-refractivity contribution >= 4 is 14.0 Å². The standard InChI is InChI=1S/C12H27NOSi/c1-7-13(12(4)14)9-8-10-15(5,6)11(2)3/h11H,7-10H2,1-6H3. The molecule has 90 valence electrons. The van der Waals surface area contributed by atoms with Crippen LogP contribution in [-0.2, 0) is 4.79 Å². The zero-order chi connectivity index (χ0) is 12.1. The molecule has 0 N–H and O–H groups in total. The fourth-order valence-electron chi connectivity index (χ4n) is 1.55. The molecule has 0 fully saturated rings. The predicted molar refractivity (Wildman–Crippen MR) is 69.9 cm³/mol. The molecule has 3 heteroatoms. The zero-order valence-electron chi connectivity index (χ0n) is 11.3. The molecule has 0 saturated heterocycles. The van der Waals surface area contributed by atoms with Crippen molar-refractivity contribution in [3.8, 4) is 0 Å². The van der Waals surface area contributed by atoms with E-state index in [1.54, 1.807) is 6.92 Å². The summed E-state index contributed by atoms with van der Waals surface area (Å²) in [6, 6.07) is 1.33. The van der Waals surface area contributed by atoms with Crippen LogP contribution in [0.1, 0.15) is 34.1 Å². The minimum Gasteiger partial charge on any atom is -0.343 e. The minimum atomic E-state index is -1.03. The quantitative estimate of drug-likeness (QED) is 0.640. The molecule has 0 aliphatic carbocycles. The van der Waals surface area contributed by atoms with E-state index in [0.29, 0.717) is 0 Å². The number of carbonyl (C=O) groups excluding carboxylic acids is 1. The van der Waals surface area contributed by atoms with E-state index < -0.39 is 8.07 Å². The lowest BCUT2D eigenvalue weighted by atomic mass is 10.4. The summed E-state index contributed by atoms with van der Waals surface area (Å²) >= 11 is 0. The SMILES string of the molecule is CCN(CCC[Si](C)(C)C(C)C)C(C)=O. The average molecular weight is 229 g/mol. The van der Waals surface area contributed by atoms with Crippen LogP contribution < -0.4 is 0 Å². The number of hydrogen-bond acceptors (Lipinski definition) is 1. The van der Waals surface area contributed by atoms with E-state index in [0.717, 1.165) is 18.6 Å². The van der Waals surface area contributed by atoms with Gasteiger partial charge in [0.1, 0.15) is 0 Å². The molecular weight excluding hydrogens is 202 g/mol. The van der Waals surface area contributed by atoms with Crippen LogP contribution in [0.5, 0.6) is 0 Å². The minimum absolute atomic E-state index is 0.210. The first-order valence-corrected chi connectivity index (χ1v) is 9.35. The molecule has 1 amide bonds. The second-order valence-electron chi connectivity index (χ2n) is 5.35. The van der Waals surface area contributed by atoms with Gasteiger partial charge < -0.3 is 4.90 Å². The highest BCUT2D eigenvalue weighted by molar-refractivity contribution is 6.78. The fourth-order valence-corrected chi connectivity index (χ4v) is 3.20. The van der Waals surface area contributed by atoms with Crippen molar-refractivity contribution in [2.24, 2.45) is 0 Å². The van der Waals surface area contributed by atoms with Gasteiger partial charge in [-0.3, -0.25) is 4.79 Å². The van der Waals surface area contributed by atoms with Gasteiger partial charge in [0.05, 0.1) is 0 Å². The Morgan fingerprint density at radius 1 is 1.33 bits per heavy atom. The Balaban J connectivity index is 3.92. The first-order chi connectivity index (χ1) is 6.81. The molecule has 2 nitrogen and oxygen atoms in total. The Hall–Kier alpha value is -0.313. The van der Waals surface area contributed by atoms with Gasteiger partial charge in [0.2, 0.25) is 5.91 Å². The van der Waals surface area contributed by atoms with Crippen LogP contribution in [0.15, 0.2) is 0 Å². The highest BCUT2D eigenvalue weighted by Gasteiger charge is 2.24. The van der Waals surface area contributed by atoms with E-state index in [1.807, 2.05) is 11.8 Å². The highest BCUT2D eigenvalue weighted by Crippen LogP contribution is 2.25. The van der Waals surface area contributed by atoms with Crippen LogP contribution in [0, 0.1) is 0 Å². The molecule has 0 aliphatic rings. The highest BCUT2D eigenvalue weighted by atomic mass is 28.3. The van der Waals surface area contributed by atoms with E-state index in [9.17, 15) is 4.79 Å². The van der Waals surface area contributed by atoms with Gasteiger partial charge in [0, 0.05) is 28.1 Å². The lowest BCUT2D eigenvalue weighted by molar-refractivity contribution is -0.128. The number of nitrogens with zero attached hydrogens (tertiary/aromatic N) is 1. The molecule has 0 rings (SSSR count). The largest absolute Gasteiger partial charge is 0.343 e. The summed E-state index contributed by atoms with van der Waals surface area (Å²) in [5.74, 6) is 0.210.